The van der Waals surface area contributed by atoms with Crippen molar-refractivity contribution in [1.29, 1.82) is 0 Å². The summed E-state index contributed by atoms with van der Waals surface area (Å²) >= 11 is 0. The Hall–Kier alpha value is -2.46. The van der Waals surface area contributed by atoms with E-state index >= 15 is 0 Å². The van der Waals surface area contributed by atoms with Gasteiger partial charge in [-0.15, -0.1) is 0 Å². The largest absolute Gasteiger partial charge is 0.370 e. The molecule has 0 saturated carbocycles. The number of anilines is 1. The van der Waals surface area contributed by atoms with Crippen molar-refractivity contribution in [2.24, 2.45) is 0 Å². The van der Waals surface area contributed by atoms with Crippen LogP contribution in [0.4, 0.5) is 5.69 Å². The Bertz CT molecular complexity index is 1230. The molecule has 0 amide bonds. The lowest BCUT2D eigenvalue weighted by Crippen LogP contribution is -2.28. The smallest absolute Gasteiger partial charge is 0.261 e. The minimum absolute atomic E-state index is 0.330. The zero-order valence-electron chi connectivity index (χ0n) is 17.2. The van der Waals surface area contributed by atoms with Crippen LogP contribution in [-0.4, -0.2) is 53.8 Å². The maximum atomic E-state index is 13.2. The second kappa shape index (κ2) is 9.78. The SMILES string of the molecule is CS(=O)(=O)O.O=S(=O)(c1ccccc1)c1ccc(N2CCCNCC2)c2ccccc12. The number of fused-ring (bicyclic) bond motifs is 1. The van der Waals surface area contributed by atoms with Crippen molar-refractivity contribution in [1.82, 2.24) is 5.32 Å². The number of hydrogen-bond donors (Lipinski definition) is 2. The fourth-order valence-corrected chi connectivity index (χ4v) is 5.06. The Morgan fingerprint density at radius 3 is 2.10 bits per heavy atom. The first kappa shape index (κ1) is 23.2. The van der Waals surface area contributed by atoms with Gasteiger partial charge < -0.3 is 10.2 Å². The highest BCUT2D eigenvalue weighted by molar-refractivity contribution is 7.91. The van der Waals surface area contributed by atoms with Crippen LogP contribution in [0.25, 0.3) is 10.8 Å². The molecule has 1 heterocycles. The molecule has 0 spiro atoms. The summed E-state index contributed by atoms with van der Waals surface area (Å²) in [6.45, 7) is 3.86. The topological polar surface area (TPSA) is 104 Å². The quantitative estimate of drug-likeness (QED) is 0.577. The minimum atomic E-state index is -3.67. The molecule has 0 aromatic heterocycles. The van der Waals surface area contributed by atoms with Gasteiger partial charge >= 0.3 is 0 Å². The van der Waals surface area contributed by atoms with E-state index in [1.54, 1.807) is 30.3 Å². The van der Waals surface area contributed by atoms with Crippen molar-refractivity contribution >= 4 is 36.4 Å². The second-order valence-corrected chi connectivity index (χ2v) is 10.7. The van der Waals surface area contributed by atoms with Crippen molar-refractivity contribution in [2.45, 2.75) is 16.2 Å². The number of benzene rings is 3. The van der Waals surface area contributed by atoms with Crippen LogP contribution >= 0.6 is 0 Å². The van der Waals surface area contributed by atoms with E-state index in [1.807, 2.05) is 36.4 Å². The van der Waals surface area contributed by atoms with Crippen LogP contribution in [0, 0.1) is 0 Å². The van der Waals surface area contributed by atoms with Crippen LogP contribution in [0.2, 0.25) is 0 Å². The van der Waals surface area contributed by atoms with Gasteiger partial charge in [-0.2, -0.15) is 8.42 Å². The zero-order chi connectivity index (χ0) is 22.5. The van der Waals surface area contributed by atoms with E-state index in [4.69, 9.17) is 4.55 Å². The Balaban J connectivity index is 0.000000491. The van der Waals surface area contributed by atoms with Gasteiger partial charge in [-0.25, -0.2) is 8.42 Å². The van der Waals surface area contributed by atoms with Crippen molar-refractivity contribution in [3.8, 4) is 0 Å². The molecule has 166 valence electrons. The molecule has 1 aliphatic heterocycles. The first-order valence-corrected chi connectivity index (χ1v) is 13.2. The van der Waals surface area contributed by atoms with Gasteiger partial charge in [0.05, 0.1) is 16.0 Å². The number of hydrogen-bond acceptors (Lipinski definition) is 6. The molecule has 0 atom stereocenters. The summed E-state index contributed by atoms with van der Waals surface area (Å²) in [6, 6.07) is 20.2. The van der Waals surface area contributed by atoms with Crippen LogP contribution in [-0.2, 0) is 20.0 Å². The highest BCUT2D eigenvalue weighted by Crippen LogP contribution is 2.34. The predicted molar refractivity (Wildman–Crippen MR) is 123 cm³/mol. The van der Waals surface area contributed by atoms with Crippen LogP contribution in [0.5, 0.6) is 0 Å². The molecule has 31 heavy (non-hydrogen) atoms. The summed E-state index contributed by atoms with van der Waals surface area (Å²) in [5, 5.41) is 5.19. The second-order valence-electron chi connectivity index (χ2n) is 7.27. The normalized spacial score (nSPS) is 15.1. The Morgan fingerprint density at radius 2 is 1.42 bits per heavy atom. The van der Waals surface area contributed by atoms with E-state index in [9.17, 15) is 16.8 Å². The van der Waals surface area contributed by atoms with E-state index in [0.717, 1.165) is 49.1 Å². The van der Waals surface area contributed by atoms with Crippen LogP contribution in [0.1, 0.15) is 6.42 Å². The van der Waals surface area contributed by atoms with Gasteiger partial charge in [-0.05, 0) is 37.2 Å². The van der Waals surface area contributed by atoms with Gasteiger partial charge in [-0.3, -0.25) is 4.55 Å². The molecule has 0 unspecified atom stereocenters. The fraction of sp³-hybridized carbons (Fsp3) is 0.273. The standard InChI is InChI=1S/C21H22N2O2S.CH4O3S/c24-26(25,17-7-2-1-3-8-17)21-12-11-20(18-9-4-5-10-19(18)21)23-15-6-13-22-14-16-23;1-5(2,3)4/h1-5,7-12,22H,6,13-16H2;1H3,(H,2,3,4). The number of rotatable bonds is 3. The van der Waals surface area contributed by atoms with E-state index in [-0.39, 0.29) is 0 Å². The molecular weight excluding hydrogens is 436 g/mol. The maximum Gasteiger partial charge on any atom is 0.261 e. The first-order chi connectivity index (χ1) is 14.7. The molecular formula is C22H26N2O5S2. The number of nitrogens with one attached hydrogen (secondary N) is 1. The van der Waals surface area contributed by atoms with Gasteiger partial charge in [0.15, 0.2) is 0 Å². The summed E-state index contributed by atoms with van der Waals surface area (Å²) in [6.07, 6.45) is 1.80. The van der Waals surface area contributed by atoms with Gasteiger partial charge in [0, 0.05) is 36.1 Å². The van der Waals surface area contributed by atoms with Crippen molar-refractivity contribution < 1.29 is 21.4 Å². The third-order valence-electron chi connectivity index (χ3n) is 4.88. The number of sulfone groups is 1. The predicted octanol–water partition coefficient (Wildman–Crippen LogP) is 2.98. The van der Waals surface area contributed by atoms with Crippen molar-refractivity contribution in [3.63, 3.8) is 0 Å². The monoisotopic (exact) mass is 462 g/mol. The molecule has 3 aromatic rings. The third-order valence-corrected chi connectivity index (χ3v) is 6.71. The van der Waals surface area contributed by atoms with Gasteiger partial charge in [0.2, 0.25) is 9.84 Å². The summed E-state index contributed by atoms with van der Waals surface area (Å²) in [5.74, 6) is 0. The van der Waals surface area contributed by atoms with Gasteiger partial charge in [0.1, 0.15) is 0 Å². The average molecular weight is 463 g/mol. The highest BCUT2D eigenvalue weighted by Gasteiger charge is 2.22. The zero-order valence-corrected chi connectivity index (χ0v) is 18.9. The van der Waals surface area contributed by atoms with E-state index in [0.29, 0.717) is 16.0 Å². The molecule has 4 rings (SSSR count). The average Bonchev–Trinajstić information content (AvgIpc) is 3.02. The molecule has 3 aromatic carbocycles. The summed E-state index contributed by atoms with van der Waals surface area (Å²) in [5.41, 5.74) is 1.11. The number of nitrogens with zero attached hydrogens (tertiary/aromatic N) is 1. The first-order valence-electron chi connectivity index (χ1n) is 9.88. The Kier molecular flexibility index (Phi) is 7.32. The molecule has 0 radical (unpaired) electrons. The summed E-state index contributed by atoms with van der Waals surface area (Å²) in [7, 11) is -7.22. The van der Waals surface area contributed by atoms with Crippen molar-refractivity contribution in [2.75, 3.05) is 37.3 Å². The lowest BCUT2D eigenvalue weighted by atomic mass is 10.1. The van der Waals surface area contributed by atoms with E-state index < -0.39 is 20.0 Å². The lowest BCUT2D eigenvalue weighted by molar-refractivity contribution is 0.490. The van der Waals surface area contributed by atoms with Gasteiger partial charge in [-0.1, -0.05) is 42.5 Å². The Morgan fingerprint density at radius 1 is 0.806 bits per heavy atom. The minimum Gasteiger partial charge on any atom is -0.370 e. The fourth-order valence-electron chi connectivity index (χ4n) is 3.58. The summed E-state index contributed by atoms with van der Waals surface area (Å²) < 4.78 is 52.2. The van der Waals surface area contributed by atoms with E-state index in [2.05, 4.69) is 10.2 Å². The van der Waals surface area contributed by atoms with E-state index in [1.165, 1.54) is 0 Å². The molecule has 1 fully saturated rings. The Labute approximate surface area is 183 Å². The van der Waals surface area contributed by atoms with Crippen LogP contribution in [0.15, 0.2) is 76.5 Å². The third kappa shape index (κ3) is 6.04. The molecule has 0 aliphatic carbocycles. The molecule has 9 heteroatoms. The highest BCUT2D eigenvalue weighted by atomic mass is 32.2. The van der Waals surface area contributed by atoms with Gasteiger partial charge in [0.25, 0.3) is 10.1 Å². The summed E-state index contributed by atoms with van der Waals surface area (Å²) in [4.78, 5) is 3.05. The van der Waals surface area contributed by atoms with Crippen LogP contribution in [0.3, 0.4) is 0 Å². The van der Waals surface area contributed by atoms with Crippen LogP contribution < -0.4 is 10.2 Å². The van der Waals surface area contributed by atoms with Crippen molar-refractivity contribution in [3.05, 3.63) is 66.7 Å². The molecule has 2 N–H and O–H groups in total. The molecule has 0 bridgehead atoms. The molecule has 7 nitrogen and oxygen atoms in total. The molecule has 1 saturated heterocycles. The maximum absolute atomic E-state index is 13.2. The molecule has 1 aliphatic rings. The lowest BCUT2D eigenvalue weighted by Gasteiger charge is -2.25.